The van der Waals surface area contributed by atoms with Gasteiger partial charge in [-0.25, -0.2) is 4.39 Å². The predicted octanol–water partition coefficient (Wildman–Crippen LogP) is 3.41. The third-order valence-corrected chi connectivity index (χ3v) is 4.73. The van der Waals surface area contributed by atoms with Crippen molar-refractivity contribution < 1.29 is 14.0 Å². The number of rotatable bonds is 5. The molecule has 5 nitrogen and oxygen atoms in total. The Hall–Kier alpha value is -2.73. The molecule has 0 aromatic heterocycles. The molecule has 2 amide bonds. The van der Waals surface area contributed by atoms with Gasteiger partial charge in [0, 0.05) is 19.0 Å². The number of benzene rings is 2. The second kappa shape index (κ2) is 8.31. The Morgan fingerprint density at radius 2 is 2.04 bits per heavy atom. The van der Waals surface area contributed by atoms with Gasteiger partial charge in [-0.1, -0.05) is 31.2 Å². The van der Waals surface area contributed by atoms with E-state index in [2.05, 4.69) is 5.32 Å². The standard InChI is InChI=1S/C21H24FN3O2/c1-3-24(13-16-7-6-8-17(22)12-16)14-21(27)25-15(2)11-20(26)23-18-9-4-5-10-19(18)25/h4-10,12,15H,3,11,13-14H2,1-2H3,(H,23,26)/t15-/m1/s1. The smallest absolute Gasteiger partial charge is 0.241 e. The summed E-state index contributed by atoms with van der Waals surface area (Å²) in [5, 5.41) is 2.86. The summed E-state index contributed by atoms with van der Waals surface area (Å²) in [5.41, 5.74) is 2.18. The number of likely N-dealkylation sites (N-methyl/N-ethyl adjacent to an activating group) is 1. The van der Waals surface area contributed by atoms with Crippen LogP contribution in [0, 0.1) is 5.82 Å². The molecule has 0 unspecified atom stereocenters. The van der Waals surface area contributed by atoms with Crippen molar-refractivity contribution in [3.05, 3.63) is 59.9 Å². The zero-order valence-corrected chi connectivity index (χ0v) is 15.6. The number of carbonyl (C=O) groups is 2. The van der Waals surface area contributed by atoms with Gasteiger partial charge >= 0.3 is 0 Å². The maximum Gasteiger partial charge on any atom is 0.241 e. The van der Waals surface area contributed by atoms with E-state index >= 15 is 0 Å². The lowest BCUT2D eigenvalue weighted by molar-refractivity contribution is -0.120. The average Bonchev–Trinajstić information content (AvgIpc) is 2.75. The topological polar surface area (TPSA) is 52.7 Å². The number of hydrogen-bond acceptors (Lipinski definition) is 3. The van der Waals surface area contributed by atoms with Gasteiger partial charge in [-0.3, -0.25) is 14.5 Å². The first-order chi connectivity index (χ1) is 13.0. The van der Waals surface area contributed by atoms with Crippen molar-refractivity contribution in [1.29, 1.82) is 0 Å². The zero-order chi connectivity index (χ0) is 19.4. The van der Waals surface area contributed by atoms with Crippen molar-refractivity contribution in [3.8, 4) is 0 Å². The number of amides is 2. The van der Waals surface area contributed by atoms with Crippen molar-refractivity contribution in [2.75, 3.05) is 23.3 Å². The molecule has 0 radical (unpaired) electrons. The lowest BCUT2D eigenvalue weighted by Gasteiger charge is -2.30. The van der Waals surface area contributed by atoms with Gasteiger partial charge < -0.3 is 10.2 Å². The van der Waals surface area contributed by atoms with E-state index in [1.54, 1.807) is 17.0 Å². The van der Waals surface area contributed by atoms with Gasteiger partial charge in [0.1, 0.15) is 5.82 Å². The second-order valence-corrected chi connectivity index (χ2v) is 6.82. The summed E-state index contributed by atoms with van der Waals surface area (Å²) in [6.07, 6.45) is 0.246. The number of hydrogen-bond donors (Lipinski definition) is 1. The van der Waals surface area contributed by atoms with Gasteiger partial charge in [-0.15, -0.1) is 0 Å². The second-order valence-electron chi connectivity index (χ2n) is 6.82. The zero-order valence-electron chi connectivity index (χ0n) is 15.6. The van der Waals surface area contributed by atoms with Gasteiger partial charge in [0.05, 0.1) is 17.9 Å². The summed E-state index contributed by atoms with van der Waals surface area (Å²) in [6, 6.07) is 13.5. The normalized spacial score (nSPS) is 16.7. The van der Waals surface area contributed by atoms with Crippen LogP contribution in [-0.2, 0) is 16.1 Å². The van der Waals surface area contributed by atoms with Crippen molar-refractivity contribution in [2.45, 2.75) is 32.9 Å². The van der Waals surface area contributed by atoms with Crippen LogP contribution in [-0.4, -0.2) is 35.8 Å². The van der Waals surface area contributed by atoms with E-state index in [4.69, 9.17) is 0 Å². The Balaban J connectivity index is 1.80. The van der Waals surface area contributed by atoms with Crippen LogP contribution in [0.25, 0.3) is 0 Å². The molecule has 0 saturated heterocycles. The molecule has 1 N–H and O–H groups in total. The summed E-state index contributed by atoms with van der Waals surface area (Å²) >= 11 is 0. The van der Waals surface area contributed by atoms with Crippen LogP contribution in [0.2, 0.25) is 0 Å². The van der Waals surface area contributed by atoms with Crippen LogP contribution in [0.4, 0.5) is 15.8 Å². The summed E-state index contributed by atoms with van der Waals surface area (Å²) in [5.74, 6) is -0.461. The number of carbonyl (C=O) groups excluding carboxylic acids is 2. The van der Waals surface area contributed by atoms with Gasteiger partial charge in [0.2, 0.25) is 11.8 Å². The maximum atomic E-state index is 13.4. The number of nitrogens with one attached hydrogen (secondary N) is 1. The summed E-state index contributed by atoms with van der Waals surface area (Å²) in [4.78, 5) is 28.9. The molecule has 6 heteroatoms. The van der Waals surface area contributed by atoms with Crippen LogP contribution in [0.15, 0.2) is 48.5 Å². The Morgan fingerprint density at radius 3 is 2.78 bits per heavy atom. The van der Waals surface area contributed by atoms with Crippen LogP contribution in [0.1, 0.15) is 25.8 Å². The molecule has 0 fully saturated rings. The van der Waals surface area contributed by atoms with Crippen molar-refractivity contribution >= 4 is 23.2 Å². The summed E-state index contributed by atoms with van der Waals surface area (Å²) < 4.78 is 13.4. The van der Waals surface area contributed by atoms with Gasteiger partial charge in [-0.05, 0) is 43.3 Å². The minimum atomic E-state index is -0.283. The van der Waals surface area contributed by atoms with E-state index in [-0.39, 0.29) is 36.6 Å². The fourth-order valence-electron chi connectivity index (χ4n) is 3.41. The molecule has 27 heavy (non-hydrogen) atoms. The first kappa shape index (κ1) is 19.0. The Labute approximate surface area is 158 Å². The molecule has 0 spiro atoms. The number of halogens is 1. The van der Waals surface area contributed by atoms with Gasteiger partial charge in [0.25, 0.3) is 0 Å². The monoisotopic (exact) mass is 369 g/mol. The number of nitrogens with zero attached hydrogens (tertiary/aromatic N) is 2. The van der Waals surface area contributed by atoms with E-state index in [1.807, 2.05) is 43.0 Å². The third kappa shape index (κ3) is 4.52. The van der Waals surface area contributed by atoms with E-state index in [0.29, 0.717) is 24.5 Å². The molecule has 1 aliphatic rings. The molecule has 2 aromatic rings. The summed E-state index contributed by atoms with van der Waals surface area (Å²) in [6.45, 7) is 5.18. The molecule has 0 aliphatic carbocycles. The van der Waals surface area contributed by atoms with E-state index in [0.717, 1.165) is 5.56 Å². The molecule has 1 heterocycles. The van der Waals surface area contributed by atoms with Crippen LogP contribution in [0.3, 0.4) is 0 Å². The molecule has 0 bridgehead atoms. The lowest BCUT2D eigenvalue weighted by atomic mass is 10.1. The predicted molar refractivity (Wildman–Crippen MR) is 104 cm³/mol. The van der Waals surface area contributed by atoms with Crippen molar-refractivity contribution in [1.82, 2.24) is 4.90 Å². The fraction of sp³-hybridized carbons (Fsp3) is 0.333. The van der Waals surface area contributed by atoms with E-state index < -0.39 is 0 Å². The largest absolute Gasteiger partial charge is 0.324 e. The van der Waals surface area contributed by atoms with Crippen LogP contribution < -0.4 is 10.2 Å². The first-order valence-corrected chi connectivity index (χ1v) is 9.15. The Bertz CT molecular complexity index is 840. The maximum absolute atomic E-state index is 13.4. The highest BCUT2D eigenvalue weighted by molar-refractivity contribution is 6.04. The molecular formula is C21H24FN3O2. The Kier molecular flexibility index (Phi) is 5.86. The quantitative estimate of drug-likeness (QED) is 0.879. The van der Waals surface area contributed by atoms with E-state index in [1.165, 1.54) is 12.1 Å². The van der Waals surface area contributed by atoms with Gasteiger partial charge in [-0.2, -0.15) is 0 Å². The molecular weight excluding hydrogens is 345 g/mol. The minimum absolute atomic E-state index is 0.0790. The highest BCUT2D eigenvalue weighted by atomic mass is 19.1. The molecule has 0 saturated carbocycles. The van der Waals surface area contributed by atoms with Crippen molar-refractivity contribution in [3.63, 3.8) is 0 Å². The number of para-hydroxylation sites is 2. The van der Waals surface area contributed by atoms with Gasteiger partial charge in [0.15, 0.2) is 0 Å². The van der Waals surface area contributed by atoms with Crippen molar-refractivity contribution in [2.24, 2.45) is 0 Å². The average molecular weight is 369 g/mol. The number of fused-ring (bicyclic) bond motifs is 1. The van der Waals surface area contributed by atoms with Crippen LogP contribution >= 0.6 is 0 Å². The molecule has 2 aromatic carbocycles. The fourth-order valence-corrected chi connectivity index (χ4v) is 3.41. The summed E-state index contributed by atoms with van der Waals surface area (Å²) in [7, 11) is 0. The van der Waals surface area contributed by atoms with Crippen LogP contribution in [0.5, 0.6) is 0 Å². The molecule has 1 aliphatic heterocycles. The SMILES string of the molecule is CCN(CC(=O)N1c2ccccc2NC(=O)C[C@H]1C)Cc1cccc(F)c1. The number of anilines is 2. The third-order valence-electron chi connectivity index (χ3n) is 4.73. The molecule has 142 valence electrons. The lowest BCUT2D eigenvalue weighted by Crippen LogP contribution is -2.45. The minimum Gasteiger partial charge on any atom is -0.324 e. The van der Waals surface area contributed by atoms with E-state index in [9.17, 15) is 14.0 Å². The Morgan fingerprint density at radius 1 is 1.26 bits per heavy atom. The highest BCUT2D eigenvalue weighted by Crippen LogP contribution is 2.31. The molecule has 3 rings (SSSR count). The highest BCUT2D eigenvalue weighted by Gasteiger charge is 2.30. The first-order valence-electron chi connectivity index (χ1n) is 9.15. The molecule has 1 atom stereocenters.